The Morgan fingerprint density at radius 3 is 2.68 bits per heavy atom. The lowest BCUT2D eigenvalue weighted by Gasteiger charge is -2.17. The van der Waals surface area contributed by atoms with E-state index < -0.39 is 10.0 Å². The lowest BCUT2D eigenvalue weighted by molar-refractivity contribution is -0.116. The molecule has 0 radical (unpaired) electrons. The van der Waals surface area contributed by atoms with Crippen molar-refractivity contribution in [3.05, 3.63) is 54.9 Å². The van der Waals surface area contributed by atoms with Crippen molar-refractivity contribution in [2.75, 3.05) is 20.1 Å². The van der Waals surface area contributed by atoms with E-state index in [4.69, 9.17) is 0 Å². The average molecular weight is 362 g/mol. The fraction of sp³-hybridized carbons (Fsp3) is 0.294. The van der Waals surface area contributed by atoms with Gasteiger partial charge in [0.2, 0.25) is 15.9 Å². The molecule has 1 aromatic carbocycles. The first-order chi connectivity index (χ1) is 11.9. The smallest absolute Gasteiger partial charge is 0.246 e. The maximum absolute atomic E-state index is 12.8. The molecule has 0 saturated heterocycles. The molecule has 8 heteroatoms. The molecule has 1 aromatic heterocycles. The number of amides is 1. The van der Waals surface area contributed by atoms with Crippen molar-refractivity contribution in [2.45, 2.75) is 18.2 Å². The van der Waals surface area contributed by atoms with Crippen LogP contribution in [0.3, 0.4) is 0 Å². The van der Waals surface area contributed by atoms with Crippen LogP contribution >= 0.6 is 0 Å². The van der Waals surface area contributed by atoms with Crippen molar-refractivity contribution >= 4 is 15.9 Å². The molecule has 1 heterocycles. The zero-order chi connectivity index (χ0) is 18.4. The van der Waals surface area contributed by atoms with Gasteiger partial charge in [-0.25, -0.2) is 17.4 Å². The highest BCUT2D eigenvalue weighted by atomic mass is 32.2. The summed E-state index contributed by atoms with van der Waals surface area (Å²) in [5.74, 6) is -0.273. The number of carbonyl (C=O) groups excluding carboxylic acids is 1. The summed E-state index contributed by atoms with van der Waals surface area (Å²) in [6, 6.07) is 9.35. The van der Waals surface area contributed by atoms with E-state index in [-0.39, 0.29) is 17.3 Å². The molecule has 0 unspecified atom stereocenters. The maximum Gasteiger partial charge on any atom is 0.246 e. The van der Waals surface area contributed by atoms with Gasteiger partial charge in [-0.15, -0.1) is 0 Å². The molecule has 134 valence electrons. The third-order valence-corrected chi connectivity index (χ3v) is 5.75. The van der Waals surface area contributed by atoms with Crippen molar-refractivity contribution in [1.29, 1.82) is 0 Å². The van der Waals surface area contributed by atoms with Crippen LogP contribution in [-0.4, -0.2) is 48.5 Å². The molecule has 0 aliphatic rings. The molecule has 1 N–H and O–H groups in total. The summed E-state index contributed by atoms with van der Waals surface area (Å²) in [5, 5.41) is 6.83. The van der Waals surface area contributed by atoms with Gasteiger partial charge in [-0.1, -0.05) is 24.8 Å². The first-order valence-electron chi connectivity index (χ1n) is 7.84. The summed E-state index contributed by atoms with van der Waals surface area (Å²) in [6.07, 6.45) is 3.05. The molecule has 2 rings (SSSR count). The van der Waals surface area contributed by atoms with Gasteiger partial charge in [-0.2, -0.15) is 5.10 Å². The van der Waals surface area contributed by atoms with E-state index in [1.807, 2.05) is 30.3 Å². The van der Waals surface area contributed by atoms with Crippen LogP contribution in [0.25, 0.3) is 5.69 Å². The lowest BCUT2D eigenvalue weighted by atomic mass is 10.3. The Hall–Kier alpha value is -2.45. The van der Waals surface area contributed by atoms with Crippen molar-refractivity contribution in [2.24, 2.45) is 0 Å². The fourth-order valence-electron chi connectivity index (χ4n) is 2.35. The summed E-state index contributed by atoms with van der Waals surface area (Å²) in [4.78, 5) is 11.3. The summed E-state index contributed by atoms with van der Waals surface area (Å²) in [6.45, 7) is 5.76. The summed E-state index contributed by atoms with van der Waals surface area (Å²) < 4.78 is 28.4. The quantitative estimate of drug-likeness (QED) is 0.570. The standard InChI is InChI=1S/C17H22N4O3S/c1-4-17(22)18-11-8-12-20(3)25(23,24)16-13-19-21(14(16)2)15-9-6-5-7-10-15/h4-7,9-10,13H,1,8,11-12H2,2-3H3,(H,18,22). The Morgan fingerprint density at radius 2 is 2.04 bits per heavy atom. The second-order valence-electron chi connectivity index (χ2n) is 5.52. The minimum atomic E-state index is -3.65. The lowest BCUT2D eigenvalue weighted by Crippen LogP contribution is -2.31. The van der Waals surface area contributed by atoms with Gasteiger partial charge in [0.15, 0.2) is 0 Å². The molecule has 0 fully saturated rings. The first kappa shape index (κ1) is 18.9. The Kier molecular flexibility index (Phi) is 6.11. The third-order valence-electron chi connectivity index (χ3n) is 3.79. The minimum Gasteiger partial charge on any atom is -0.353 e. The molecule has 0 saturated carbocycles. The van der Waals surface area contributed by atoms with Gasteiger partial charge in [0.05, 0.1) is 17.6 Å². The Morgan fingerprint density at radius 1 is 1.36 bits per heavy atom. The third kappa shape index (κ3) is 4.34. The number of sulfonamides is 1. The Balaban J connectivity index is 2.10. The van der Waals surface area contributed by atoms with Gasteiger partial charge in [0, 0.05) is 20.1 Å². The highest BCUT2D eigenvalue weighted by Gasteiger charge is 2.25. The van der Waals surface area contributed by atoms with E-state index in [0.717, 1.165) is 5.69 Å². The second-order valence-corrected chi connectivity index (χ2v) is 7.53. The van der Waals surface area contributed by atoms with E-state index in [0.29, 0.717) is 18.7 Å². The van der Waals surface area contributed by atoms with Gasteiger partial charge in [0.25, 0.3) is 0 Å². The molecule has 0 bridgehead atoms. The minimum absolute atomic E-state index is 0.175. The largest absolute Gasteiger partial charge is 0.353 e. The number of rotatable bonds is 8. The van der Waals surface area contributed by atoms with Crippen LogP contribution in [0.1, 0.15) is 12.1 Å². The number of benzene rings is 1. The van der Waals surface area contributed by atoms with Crippen molar-refractivity contribution in [3.63, 3.8) is 0 Å². The molecule has 25 heavy (non-hydrogen) atoms. The highest BCUT2D eigenvalue weighted by Crippen LogP contribution is 2.21. The molecular weight excluding hydrogens is 340 g/mol. The van der Waals surface area contributed by atoms with E-state index in [1.54, 1.807) is 11.6 Å². The molecule has 0 atom stereocenters. The fourth-order valence-corrected chi connectivity index (χ4v) is 3.70. The number of nitrogens with one attached hydrogen (secondary N) is 1. The van der Waals surface area contributed by atoms with Gasteiger partial charge in [0.1, 0.15) is 4.90 Å². The van der Waals surface area contributed by atoms with E-state index >= 15 is 0 Å². The molecular formula is C17H22N4O3S. The van der Waals surface area contributed by atoms with Crippen LogP contribution in [0.4, 0.5) is 0 Å². The number of aromatic nitrogens is 2. The molecule has 1 amide bonds. The molecule has 0 spiro atoms. The number of hydrogen-bond acceptors (Lipinski definition) is 4. The van der Waals surface area contributed by atoms with E-state index in [1.165, 1.54) is 23.6 Å². The normalized spacial score (nSPS) is 11.5. The molecule has 2 aromatic rings. The summed E-state index contributed by atoms with van der Waals surface area (Å²) in [7, 11) is -2.13. The van der Waals surface area contributed by atoms with Crippen molar-refractivity contribution in [3.8, 4) is 5.69 Å². The second kappa shape index (κ2) is 8.09. The topological polar surface area (TPSA) is 84.3 Å². The predicted molar refractivity (Wildman–Crippen MR) is 95.9 cm³/mol. The number of nitrogens with zero attached hydrogens (tertiary/aromatic N) is 3. The van der Waals surface area contributed by atoms with Gasteiger partial charge < -0.3 is 5.32 Å². The highest BCUT2D eigenvalue weighted by molar-refractivity contribution is 7.89. The molecule has 0 aliphatic carbocycles. The zero-order valence-corrected chi connectivity index (χ0v) is 15.2. The van der Waals surface area contributed by atoms with Crippen LogP contribution in [0.15, 0.2) is 54.1 Å². The van der Waals surface area contributed by atoms with Crippen LogP contribution in [0.2, 0.25) is 0 Å². The SMILES string of the molecule is C=CC(=O)NCCCN(C)S(=O)(=O)c1cnn(-c2ccccc2)c1C. The molecule has 0 aliphatic heterocycles. The predicted octanol–water partition coefficient (Wildman–Crippen LogP) is 1.49. The van der Waals surface area contributed by atoms with Crippen LogP contribution in [-0.2, 0) is 14.8 Å². The zero-order valence-electron chi connectivity index (χ0n) is 14.3. The van der Waals surface area contributed by atoms with Gasteiger partial charge in [-0.3, -0.25) is 4.79 Å². The van der Waals surface area contributed by atoms with Crippen LogP contribution < -0.4 is 5.32 Å². The Bertz CT molecular complexity index is 844. The number of carbonyl (C=O) groups is 1. The number of para-hydroxylation sites is 1. The van der Waals surface area contributed by atoms with E-state index in [9.17, 15) is 13.2 Å². The number of hydrogen-bond donors (Lipinski definition) is 1. The van der Waals surface area contributed by atoms with Crippen LogP contribution in [0.5, 0.6) is 0 Å². The monoisotopic (exact) mass is 362 g/mol. The first-order valence-corrected chi connectivity index (χ1v) is 9.28. The van der Waals surface area contributed by atoms with Crippen LogP contribution in [0, 0.1) is 6.92 Å². The summed E-state index contributed by atoms with van der Waals surface area (Å²) in [5.41, 5.74) is 1.36. The summed E-state index contributed by atoms with van der Waals surface area (Å²) >= 11 is 0. The van der Waals surface area contributed by atoms with E-state index in [2.05, 4.69) is 17.0 Å². The molecule has 7 nitrogen and oxygen atoms in total. The average Bonchev–Trinajstić information content (AvgIpc) is 3.01. The van der Waals surface area contributed by atoms with Crippen molar-refractivity contribution < 1.29 is 13.2 Å². The Labute approximate surface area is 148 Å². The van der Waals surface area contributed by atoms with Gasteiger partial charge in [-0.05, 0) is 31.6 Å². The van der Waals surface area contributed by atoms with Gasteiger partial charge >= 0.3 is 0 Å². The maximum atomic E-state index is 12.8. The van der Waals surface area contributed by atoms with Crippen molar-refractivity contribution in [1.82, 2.24) is 19.4 Å².